The van der Waals surface area contributed by atoms with Crippen LogP contribution in [-0.4, -0.2) is 88.7 Å². The second-order valence-electron chi connectivity index (χ2n) is 21.4. The van der Waals surface area contributed by atoms with Gasteiger partial charge in [0.15, 0.2) is 0 Å². The van der Waals surface area contributed by atoms with Gasteiger partial charge in [0.1, 0.15) is 40.3 Å². The van der Waals surface area contributed by atoms with Gasteiger partial charge in [-0.25, -0.2) is 0 Å². The minimum absolute atomic E-state index is 0.0518. The molecule has 0 saturated heterocycles. The smallest absolute Gasteiger partial charge is 0.306 e. The number of phenols is 1. The number of para-hydroxylation sites is 3. The van der Waals surface area contributed by atoms with Crippen molar-refractivity contribution >= 4 is 29.5 Å². The van der Waals surface area contributed by atoms with E-state index in [1.54, 1.807) is 111 Å². The lowest BCUT2D eigenvalue weighted by Crippen LogP contribution is -2.26. The number of hydrogen-bond donors (Lipinski definition) is 2. The van der Waals surface area contributed by atoms with Crippen LogP contribution in [0.4, 0.5) is 0 Å². The quantitative estimate of drug-likeness (QED) is 0.0488. The minimum Gasteiger partial charge on any atom is -0.508 e. The molecule has 9 rings (SSSR count). The normalized spacial score (nSPS) is 11.4. The molecular formula is C72H77N3O12. The van der Waals surface area contributed by atoms with Gasteiger partial charge in [-0.3, -0.25) is 24.0 Å². The molecule has 3 heterocycles. The molecule has 0 bridgehead atoms. The first-order valence-corrected chi connectivity index (χ1v) is 29.2. The first-order valence-electron chi connectivity index (χ1n) is 29.2. The summed E-state index contributed by atoms with van der Waals surface area (Å²) in [7, 11) is 5.28. The van der Waals surface area contributed by atoms with Crippen LogP contribution >= 0.6 is 0 Å². The van der Waals surface area contributed by atoms with Crippen molar-refractivity contribution in [2.24, 2.45) is 11.8 Å². The van der Waals surface area contributed by atoms with Gasteiger partial charge in [-0.2, -0.15) is 0 Å². The van der Waals surface area contributed by atoms with Gasteiger partial charge < -0.3 is 47.6 Å². The Kier molecular flexibility index (Phi) is 24.5. The topological polar surface area (TPSA) is 193 Å². The second-order valence-corrected chi connectivity index (χ2v) is 21.4. The van der Waals surface area contributed by atoms with E-state index in [1.807, 2.05) is 146 Å². The maximum absolute atomic E-state index is 12.9. The molecular weight excluding hydrogens is 1100 g/mol. The predicted molar refractivity (Wildman–Crippen MR) is 336 cm³/mol. The number of furan rings is 3. The lowest BCUT2D eigenvalue weighted by atomic mass is 10.0. The second kappa shape index (κ2) is 33.0. The minimum atomic E-state index is -0.764. The summed E-state index contributed by atoms with van der Waals surface area (Å²) in [6.45, 7) is 7.66. The number of benzene rings is 6. The number of unbranched alkanes of at least 4 members (excludes halogenated alkanes) is 2. The van der Waals surface area contributed by atoms with E-state index in [4.69, 9.17) is 27.8 Å². The fourth-order valence-corrected chi connectivity index (χ4v) is 9.29. The summed E-state index contributed by atoms with van der Waals surface area (Å²) in [4.78, 5) is 65.4. The lowest BCUT2D eigenvalue weighted by Gasteiger charge is -2.20. The molecule has 3 aromatic heterocycles. The molecule has 2 unspecified atom stereocenters. The van der Waals surface area contributed by atoms with Crippen LogP contribution in [0.2, 0.25) is 0 Å². The van der Waals surface area contributed by atoms with Gasteiger partial charge in [-0.15, -0.1) is 0 Å². The standard InChI is InChI=1S/C27H31NO4.C26H29NO5.C19H17NO3/c1-20(21(2)29)9-6-7-17-31-26-11-5-4-10-24(26)19-28(3)27(30)23-15-13-22(14-16-23)25-12-8-18-32-25;1-19(26(29)30)8-5-6-16-31-24-10-4-3-9-22(24)18-27(2)25(28)21-14-12-20(13-15-21)23-11-7-17-32-23;1-20(13-16-5-2-3-6-17(16)21)19(22)15-10-8-14(9-11-15)18-7-4-12-23-18/h4-5,8,10-16,18,20H,6-7,9,17,19H2,1-3H3;3-4,7,9-15,17,19H,5-6,8,16,18H2,1-2H3,(H,29,30);2-12,21H,13H2,1H3. The Hall–Kier alpha value is -9.89. The molecule has 15 nitrogen and oxygen atoms in total. The predicted octanol–water partition coefficient (Wildman–Crippen LogP) is 15.4. The van der Waals surface area contributed by atoms with E-state index < -0.39 is 5.97 Å². The third kappa shape index (κ3) is 19.6. The average molecular weight is 1180 g/mol. The highest BCUT2D eigenvalue weighted by atomic mass is 16.5. The van der Waals surface area contributed by atoms with Gasteiger partial charge in [0.05, 0.1) is 37.9 Å². The molecule has 0 aliphatic heterocycles. The highest BCUT2D eigenvalue weighted by molar-refractivity contribution is 5.96. The van der Waals surface area contributed by atoms with E-state index in [0.717, 1.165) is 94.3 Å². The van der Waals surface area contributed by atoms with Gasteiger partial charge in [-0.1, -0.05) is 105 Å². The summed E-state index contributed by atoms with van der Waals surface area (Å²) in [5.41, 5.74) is 7.22. The largest absolute Gasteiger partial charge is 0.508 e. The van der Waals surface area contributed by atoms with E-state index in [0.29, 0.717) is 56.0 Å². The van der Waals surface area contributed by atoms with Crippen molar-refractivity contribution in [1.29, 1.82) is 0 Å². The summed E-state index contributed by atoms with van der Waals surface area (Å²) in [5.74, 6) is 3.06. The molecule has 0 saturated carbocycles. The van der Waals surface area contributed by atoms with E-state index >= 15 is 0 Å². The number of rotatable bonds is 26. The Bertz CT molecular complexity index is 3390. The molecule has 0 spiro atoms. The molecule has 3 amide bonds. The number of Topliss-reactive ketones (excluding diaryl/α,β-unsaturated/α-hetero) is 1. The summed E-state index contributed by atoms with van der Waals surface area (Å²) in [5, 5.41) is 18.8. The van der Waals surface area contributed by atoms with Crippen molar-refractivity contribution in [3.63, 3.8) is 0 Å². The molecule has 2 atom stereocenters. The van der Waals surface area contributed by atoms with Crippen LogP contribution in [0.5, 0.6) is 17.2 Å². The number of hydrogen-bond acceptors (Lipinski definition) is 11. The third-order valence-corrected chi connectivity index (χ3v) is 14.7. The monoisotopic (exact) mass is 1180 g/mol. The van der Waals surface area contributed by atoms with Crippen molar-refractivity contribution in [2.45, 2.75) is 78.9 Å². The Morgan fingerprint density at radius 2 is 0.759 bits per heavy atom. The van der Waals surface area contributed by atoms with Crippen LogP contribution in [0.25, 0.3) is 34.0 Å². The first-order chi connectivity index (χ1) is 42.1. The number of ether oxygens (including phenoxy) is 2. The summed E-state index contributed by atoms with van der Waals surface area (Å²) in [6.07, 6.45) is 9.82. The number of carboxylic acids is 1. The number of aliphatic carboxylic acids is 1. The Balaban J connectivity index is 0.000000189. The number of amides is 3. The van der Waals surface area contributed by atoms with E-state index in [2.05, 4.69) is 0 Å². The van der Waals surface area contributed by atoms with Crippen LogP contribution < -0.4 is 9.47 Å². The van der Waals surface area contributed by atoms with Gasteiger partial charge in [0.25, 0.3) is 17.7 Å². The van der Waals surface area contributed by atoms with Crippen molar-refractivity contribution in [2.75, 3.05) is 34.4 Å². The third-order valence-electron chi connectivity index (χ3n) is 14.7. The fourth-order valence-electron chi connectivity index (χ4n) is 9.29. The van der Waals surface area contributed by atoms with Crippen LogP contribution in [0.15, 0.2) is 214 Å². The Labute approximate surface area is 509 Å². The number of carboxylic acid groups (broad SMARTS) is 1. The van der Waals surface area contributed by atoms with Gasteiger partial charge in [0, 0.05) is 96.8 Å². The molecule has 452 valence electrons. The average Bonchev–Trinajstić information content (AvgIpc) is 4.20. The lowest BCUT2D eigenvalue weighted by molar-refractivity contribution is -0.141. The maximum atomic E-state index is 12.9. The highest BCUT2D eigenvalue weighted by Crippen LogP contribution is 2.27. The van der Waals surface area contributed by atoms with Crippen LogP contribution in [0.1, 0.15) is 107 Å². The molecule has 2 N–H and O–H groups in total. The summed E-state index contributed by atoms with van der Waals surface area (Å²) >= 11 is 0. The molecule has 0 aliphatic rings. The molecule has 0 radical (unpaired) electrons. The number of phenolic OH excluding ortho intramolecular Hbond substituents is 1. The number of aromatic hydroxyl groups is 1. The maximum Gasteiger partial charge on any atom is 0.306 e. The molecule has 6 aromatic carbocycles. The number of nitrogens with zero attached hydrogens (tertiary/aromatic N) is 3. The van der Waals surface area contributed by atoms with Gasteiger partial charge >= 0.3 is 5.97 Å². The number of carbonyl (C=O) groups excluding carboxylic acids is 4. The van der Waals surface area contributed by atoms with Crippen LogP contribution in [0, 0.1) is 11.8 Å². The Morgan fingerprint density at radius 3 is 1.09 bits per heavy atom. The van der Waals surface area contributed by atoms with Crippen molar-refractivity contribution < 1.29 is 56.9 Å². The summed E-state index contributed by atoms with van der Waals surface area (Å²) in [6, 6.07) is 55.7. The van der Waals surface area contributed by atoms with Crippen LogP contribution in [-0.2, 0) is 29.2 Å². The van der Waals surface area contributed by atoms with E-state index in [1.165, 1.54) is 0 Å². The van der Waals surface area contributed by atoms with Gasteiger partial charge in [-0.05, 0) is 136 Å². The van der Waals surface area contributed by atoms with E-state index in [9.17, 15) is 29.1 Å². The first kappa shape index (κ1) is 64.7. The molecule has 9 aromatic rings. The number of carbonyl (C=O) groups is 5. The van der Waals surface area contributed by atoms with Crippen molar-refractivity contribution in [3.05, 3.63) is 234 Å². The van der Waals surface area contributed by atoms with Crippen LogP contribution in [0.3, 0.4) is 0 Å². The van der Waals surface area contributed by atoms with Gasteiger partial charge in [0.2, 0.25) is 0 Å². The zero-order valence-electron chi connectivity index (χ0n) is 50.3. The zero-order valence-corrected chi connectivity index (χ0v) is 50.3. The Morgan fingerprint density at radius 1 is 0.425 bits per heavy atom. The van der Waals surface area contributed by atoms with E-state index in [-0.39, 0.29) is 41.1 Å². The SMILES string of the molecule is CC(=O)C(C)CCCCOc1ccccc1CN(C)C(=O)c1ccc(-c2ccco2)cc1.CC(CCCCOc1ccccc1CN(C)C(=O)c1ccc(-c2ccco2)cc1)C(=O)O.CN(Cc1ccccc1O)C(=O)c1ccc(-c2ccco2)cc1. The molecule has 0 aliphatic carbocycles. The highest BCUT2D eigenvalue weighted by Gasteiger charge is 2.19. The molecule has 87 heavy (non-hydrogen) atoms. The molecule has 0 fully saturated rings. The zero-order chi connectivity index (χ0) is 62.1. The fraction of sp³-hybridized carbons (Fsp3) is 0.264. The summed E-state index contributed by atoms with van der Waals surface area (Å²) < 4.78 is 28.1. The van der Waals surface area contributed by atoms with Crippen molar-refractivity contribution in [3.8, 4) is 51.2 Å². The number of ketones is 1. The molecule has 15 heteroatoms. The van der Waals surface area contributed by atoms with Crippen molar-refractivity contribution in [1.82, 2.24) is 14.7 Å².